The van der Waals surface area contributed by atoms with Gasteiger partial charge in [-0.05, 0) is 48.5 Å². The van der Waals surface area contributed by atoms with E-state index >= 15 is 0 Å². The maximum atomic E-state index is 12.2. The molecule has 1 aliphatic heterocycles. The van der Waals surface area contributed by atoms with Gasteiger partial charge in [0.25, 0.3) is 0 Å². The van der Waals surface area contributed by atoms with E-state index in [-0.39, 0.29) is 12.3 Å². The molecule has 1 aromatic rings. The minimum atomic E-state index is -1.11. The first-order chi connectivity index (χ1) is 11.5. The third-order valence-electron chi connectivity index (χ3n) is 4.22. The largest absolute Gasteiger partial charge is 0.493 e. The van der Waals surface area contributed by atoms with E-state index in [0.717, 1.165) is 17.1 Å². The Morgan fingerprint density at radius 3 is 2.46 bits per heavy atom. The third-order valence-corrected chi connectivity index (χ3v) is 5.21. The molecule has 1 aromatic carbocycles. The van der Waals surface area contributed by atoms with Crippen molar-refractivity contribution in [3.63, 3.8) is 0 Å². The molecule has 1 aliphatic rings. The summed E-state index contributed by atoms with van der Waals surface area (Å²) < 4.78 is 10.4. The Balaban J connectivity index is 1.96. The fourth-order valence-corrected chi connectivity index (χ4v) is 3.93. The van der Waals surface area contributed by atoms with Crippen LogP contribution >= 0.6 is 11.8 Å². The van der Waals surface area contributed by atoms with Gasteiger partial charge in [0.15, 0.2) is 11.5 Å². The zero-order valence-electron chi connectivity index (χ0n) is 14.0. The lowest BCUT2D eigenvalue weighted by Gasteiger charge is -2.33. The van der Waals surface area contributed by atoms with E-state index in [1.807, 2.05) is 12.1 Å². The van der Waals surface area contributed by atoms with Gasteiger partial charge in [0, 0.05) is 6.42 Å². The minimum Gasteiger partial charge on any atom is -0.493 e. The van der Waals surface area contributed by atoms with Crippen LogP contribution in [0.5, 0.6) is 11.5 Å². The van der Waals surface area contributed by atoms with Crippen molar-refractivity contribution in [2.75, 3.05) is 25.7 Å². The predicted molar refractivity (Wildman–Crippen MR) is 92.9 cm³/mol. The number of aliphatic carboxylic acids is 1. The van der Waals surface area contributed by atoms with E-state index in [9.17, 15) is 14.7 Å². The summed E-state index contributed by atoms with van der Waals surface area (Å²) in [5.41, 5.74) is -0.175. The van der Waals surface area contributed by atoms with Crippen molar-refractivity contribution in [3.8, 4) is 11.5 Å². The fraction of sp³-hybridized carbons (Fsp3) is 0.529. The summed E-state index contributed by atoms with van der Waals surface area (Å²) in [4.78, 5) is 23.8. The van der Waals surface area contributed by atoms with Crippen LogP contribution in [0.25, 0.3) is 0 Å². The second kappa shape index (κ2) is 8.28. The molecule has 24 heavy (non-hydrogen) atoms. The Labute approximate surface area is 145 Å². The van der Waals surface area contributed by atoms with Crippen LogP contribution in [0.1, 0.15) is 24.8 Å². The number of carboxylic acids is 1. The molecule has 0 aromatic heterocycles. The van der Waals surface area contributed by atoms with Gasteiger partial charge in [0.05, 0.1) is 14.2 Å². The summed E-state index contributed by atoms with van der Waals surface area (Å²) >= 11 is 1.72. The maximum absolute atomic E-state index is 12.2. The molecule has 6 nitrogen and oxygen atoms in total. The number of ether oxygens (including phenoxy) is 2. The van der Waals surface area contributed by atoms with Crippen molar-refractivity contribution in [2.45, 2.75) is 31.2 Å². The zero-order chi connectivity index (χ0) is 17.6. The molecule has 0 bridgehead atoms. The lowest BCUT2D eigenvalue weighted by atomic mass is 9.92. The molecule has 1 fully saturated rings. The molecule has 2 N–H and O–H groups in total. The van der Waals surface area contributed by atoms with Gasteiger partial charge < -0.3 is 19.9 Å². The van der Waals surface area contributed by atoms with Gasteiger partial charge in [0.1, 0.15) is 5.54 Å². The number of carbonyl (C=O) groups is 2. The summed E-state index contributed by atoms with van der Waals surface area (Å²) in [7, 11) is 3.13. The average molecular weight is 353 g/mol. The van der Waals surface area contributed by atoms with Crippen molar-refractivity contribution in [3.05, 3.63) is 23.8 Å². The topological polar surface area (TPSA) is 84.9 Å². The van der Waals surface area contributed by atoms with Gasteiger partial charge in [-0.3, -0.25) is 4.79 Å². The molecule has 0 atom stereocenters. The first-order valence-electron chi connectivity index (χ1n) is 7.84. The quantitative estimate of drug-likeness (QED) is 0.781. The molecule has 7 heteroatoms. The van der Waals surface area contributed by atoms with Gasteiger partial charge in [-0.1, -0.05) is 6.07 Å². The van der Waals surface area contributed by atoms with Crippen LogP contribution in [0, 0.1) is 0 Å². The number of thioether (sulfide) groups is 1. The first-order valence-corrected chi connectivity index (χ1v) is 8.99. The highest BCUT2D eigenvalue weighted by Crippen LogP contribution is 2.29. The summed E-state index contributed by atoms with van der Waals surface area (Å²) in [6.07, 6.45) is 1.68. The number of hydrogen-bond acceptors (Lipinski definition) is 5. The van der Waals surface area contributed by atoms with Crippen molar-refractivity contribution in [2.24, 2.45) is 0 Å². The first kappa shape index (κ1) is 18.4. The number of hydrogen-bond donors (Lipinski definition) is 2. The second-order valence-corrected chi connectivity index (χ2v) is 6.96. The van der Waals surface area contributed by atoms with E-state index in [0.29, 0.717) is 30.8 Å². The molecule has 0 aliphatic carbocycles. The van der Waals surface area contributed by atoms with Crippen LogP contribution in [0.3, 0.4) is 0 Å². The number of carbonyl (C=O) groups excluding carboxylic acids is 1. The standard InChI is InChI=1S/C17H23NO5S/c1-22-13-5-3-12(11-14(13)23-2)4-6-15(19)18-17(16(20)21)7-9-24-10-8-17/h3,5,11H,4,6-10H2,1-2H3,(H,18,19)(H,20,21). The number of amides is 1. The Bertz CT molecular complexity index is 599. The number of nitrogens with one attached hydrogen (secondary N) is 1. The van der Waals surface area contributed by atoms with Crippen molar-refractivity contribution in [1.82, 2.24) is 5.32 Å². The number of rotatable bonds is 7. The Morgan fingerprint density at radius 2 is 1.88 bits per heavy atom. The van der Waals surface area contributed by atoms with Gasteiger partial charge >= 0.3 is 5.97 Å². The Kier molecular flexibility index (Phi) is 6.36. The molecule has 0 radical (unpaired) electrons. The molecular formula is C17H23NO5S. The number of carboxylic acid groups (broad SMARTS) is 1. The lowest BCUT2D eigenvalue weighted by Crippen LogP contribution is -2.56. The lowest BCUT2D eigenvalue weighted by molar-refractivity contribution is -0.148. The maximum Gasteiger partial charge on any atom is 0.329 e. The highest BCUT2D eigenvalue weighted by molar-refractivity contribution is 7.99. The molecule has 1 amide bonds. The molecule has 1 saturated heterocycles. The second-order valence-electron chi connectivity index (χ2n) is 5.74. The highest BCUT2D eigenvalue weighted by Gasteiger charge is 2.41. The van der Waals surface area contributed by atoms with Crippen LogP contribution in [0.2, 0.25) is 0 Å². The Hall–Kier alpha value is -1.89. The number of benzene rings is 1. The predicted octanol–water partition coefficient (Wildman–Crippen LogP) is 2.10. The van der Waals surface area contributed by atoms with Gasteiger partial charge in [-0.2, -0.15) is 11.8 Å². The zero-order valence-corrected chi connectivity index (χ0v) is 14.8. The third kappa shape index (κ3) is 4.35. The molecule has 132 valence electrons. The molecular weight excluding hydrogens is 330 g/mol. The monoisotopic (exact) mass is 353 g/mol. The summed E-state index contributed by atoms with van der Waals surface area (Å²) in [5.74, 6) is 1.57. The number of aryl methyl sites for hydroxylation is 1. The van der Waals surface area contributed by atoms with Crippen molar-refractivity contribution >= 4 is 23.6 Å². The Morgan fingerprint density at radius 1 is 1.21 bits per heavy atom. The SMILES string of the molecule is COc1ccc(CCC(=O)NC2(C(=O)O)CCSCC2)cc1OC. The van der Waals surface area contributed by atoms with Gasteiger partial charge in [0.2, 0.25) is 5.91 Å². The van der Waals surface area contributed by atoms with Crippen molar-refractivity contribution < 1.29 is 24.2 Å². The van der Waals surface area contributed by atoms with E-state index in [2.05, 4.69) is 5.32 Å². The van der Waals surface area contributed by atoms with E-state index in [4.69, 9.17) is 9.47 Å². The molecule has 1 heterocycles. The molecule has 0 spiro atoms. The smallest absolute Gasteiger partial charge is 0.329 e. The van der Waals surface area contributed by atoms with Crippen LogP contribution in [-0.4, -0.2) is 48.2 Å². The van der Waals surface area contributed by atoms with E-state index in [1.54, 1.807) is 32.0 Å². The van der Waals surface area contributed by atoms with Gasteiger partial charge in [-0.15, -0.1) is 0 Å². The van der Waals surface area contributed by atoms with Crippen molar-refractivity contribution in [1.29, 1.82) is 0 Å². The van der Waals surface area contributed by atoms with Crippen LogP contribution in [-0.2, 0) is 16.0 Å². The van der Waals surface area contributed by atoms with E-state index < -0.39 is 11.5 Å². The summed E-state index contributed by atoms with van der Waals surface area (Å²) in [6.45, 7) is 0. The average Bonchev–Trinajstić information content (AvgIpc) is 2.60. The fourth-order valence-electron chi connectivity index (χ4n) is 2.74. The van der Waals surface area contributed by atoms with Crippen LogP contribution < -0.4 is 14.8 Å². The van der Waals surface area contributed by atoms with Gasteiger partial charge in [-0.25, -0.2) is 4.79 Å². The highest BCUT2D eigenvalue weighted by atomic mass is 32.2. The van der Waals surface area contributed by atoms with E-state index in [1.165, 1.54) is 0 Å². The molecule has 0 saturated carbocycles. The minimum absolute atomic E-state index is 0.234. The number of methoxy groups -OCH3 is 2. The summed E-state index contributed by atoms with van der Waals surface area (Å²) in [5, 5.41) is 12.2. The van der Waals surface area contributed by atoms with Crippen LogP contribution in [0.4, 0.5) is 0 Å². The normalized spacial score (nSPS) is 16.2. The summed E-state index contributed by atoms with van der Waals surface area (Å²) in [6, 6.07) is 5.50. The molecule has 0 unspecified atom stereocenters. The van der Waals surface area contributed by atoms with Crippen LogP contribution in [0.15, 0.2) is 18.2 Å². The molecule has 2 rings (SSSR count).